The van der Waals surface area contributed by atoms with Gasteiger partial charge in [-0.25, -0.2) is 19.9 Å². The summed E-state index contributed by atoms with van der Waals surface area (Å²) >= 11 is 0. The van der Waals surface area contributed by atoms with E-state index in [0.29, 0.717) is 23.8 Å². The highest BCUT2D eigenvalue weighted by molar-refractivity contribution is 6.02. The number of nitrogens with zero attached hydrogens (tertiary/aromatic N) is 6. The second-order valence-corrected chi connectivity index (χ2v) is 9.17. The van der Waals surface area contributed by atoms with E-state index in [1.165, 1.54) is 12.8 Å². The van der Waals surface area contributed by atoms with Gasteiger partial charge in [0.25, 0.3) is 0 Å². The molecule has 9 nitrogen and oxygen atoms in total. The van der Waals surface area contributed by atoms with Crippen LogP contribution >= 0.6 is 0 Å². The van der Waals surface area contributed by atoms with Crippen molar-refractivity contribution in [3.05, 3.63) is 36.9 Å². The van der Waals surface area contributed by atoms with Crippen molar-refractivity contribution in [1.82, 2.24) is 29.8 Å². The molecule has 3 aliphatic rings. The summed E-state index contributed by atoms with van der Waals surface area (Å²) in [5.74, 6) is 1.95. The lowest BCUT2D eigenvalue weighted by molar-refractivity contribution is 0.287. The molecule has 3 fully saturated rings. The molecule has 0 radical (unpaired) electrons. The Kier molecular flexibility index (Phi) is 4.79. The Morgan fingerprint density at radius 1 is 1.15 bits per heavy atom. The molecule has 4 aromatic rings. The van der Waals surface area contributed by atoms with Crippen molar-refractivity contribution in [3.8, 4) is 5.75 Å². The minimum absolute atomic E-state index is 0.283. The maximum absolute atomic E-state index is 5.75. The van der Waals surface area contributed by atoms with Crippen LogP contribution in [0, 0.1) is 0 Å². The number of rotatable bonds is 5. The predicted octanol–water partition coefficient (Wildman–Crippen LogP) is 3.65. The van der Waals surface area contributed by atoms with Crippen LogP contribution < -0.4 is 20.3 Å². The third-order valence-electron chi connectivity index (χ3n) is 6.80. The molecule has 2 N–H and O–H groups in total. The Morgan fingerprint density at radius 3 is 2.79 bits per heavy atom. The first-order chi connectivity index (χ1) is 16.1. The average Bonchev–Trinajstić information content (AvgIpc) is 3.30. The Labute approximate surface area is 192 Å². The molecular formula is C24H28N8O. The van der Waals surface area contributed by atoms with E-state index < -0.39 is 0 Å². The second-order valence-electron chi connectivity index (χ2n) is 9.17. The van der Waals surface area contributed by atoms with E-state index in [4.69, 9.17) is 9.72 Å². The summed E-state index contributed by atoms with van der Waals surface area (Å²) in [7, 11) is 1.71. The molecule has 2 bridgehead atoms. The zero-order valence-corrected chi connectivity index (χ0v) is 19.1. The first kappa shape index (κ1) is 20.2. The maximum Gasteiger partial charge on any atom is 0.228 e. The summed E-state index contributed by atoms with van der Waals surface area (Å²) < 4.78 is 7.89. The number of piperazine rings is 1. The van der Waals surface area contributed by atoms with Crippen molar-refractivity contribution in [1.29, 1.82) is 0 Å². The highest BCUT2D eigenvalue weighted by Gasteiger charge is 2.34. The number of hydrogen-bond acceptors (Lipinski definition) is 8. The van der Waals surface area contributed by atoms with Gasteiger partial charge in [-0.3, -0.25) is 0 Å². The van der Waals surface area contributed by atoms with Gasteiger partial charge in [-0.2, -0.15) is 0 Å². The standard InChI is InChI=1S/C24H28N8O/c1-14(2)32-13-28-18-7-4-15-9-27-24(30-22(15)23(18)32)29-21-8-20(33-3)19(11-26-21)31-12-16-5-6-17(31)10-25-16/h4,7-9,11,13-14,16-17,25H,5-6,10,12H2,1-3H3,(H,26,27,29,30). The van der Waals surface area contributed by atoms with Gasteiger partial charge < -0.3 is 24.8 Å². The third kappa shape index (κ3) is 3.43. The number of benzene rings is 1. The molecule has 6 heterocycles. The maximum atomic E-state index is 5.75. The van der Waals surface area contributed by atoms with Gasteiger partial charge in [-0.15, -0.1) is 0 Å². The van der Waals surface area contributed by atoms with Crippen molar-refractivity contribution in [2.24, 2.45) is 0 Å². The molecule has 33 heavy (non-hydrogen) atoms. The second kappa shape index (κ2) is 7.84. The summed E-state index contributed by atoms with van der Waals surface area (Å²) in [4.78, 5) is 21.0. The number of fused-ring (bicyclic) bond motifs is 6. The average molecular weight is 445 g/mol. The van der Waals surface area contributed by atoms with E-state index in [1.54, 1.807) is 7.11 Å². The molecule has 1 aromatic carbocycles. The molecule has 3 aromatic heterocycles. The van der Waals surface area contributed by atoms with Crippen molar-refractivity contribution >= 4 is 39.4 Å². The largest absolute Gasteiger partial charge is 0.494 e. The van der Waals surface area contributed by atoms with Gasteiger partial charge in [0.2, 0.25) is 5.95 Å². The van der Waals surface area contributed by atoms with E-state index >= 15 is 0 Å². The van der Waals surface area contributed by atoms with E-state index in [2.05, 4.69) is 48.9 Å². The van der Waals surface area contributed by atoms with Crippen molar-refractivity contribution in [2.45, 2.75) is 44.8 Å². The summed E-state index contributed by atoms with van der Waals surface area (Å²) in [5.41, 5.74) is 3.86. The minimum Gasteiger partial charge on any atom is -0.494 e. The molecule has 0 saturated carbocycles. The molecular weight excluding hydrogens is 416 g/mol. The van der Waals surface area contributed by atoms with Crippen LogP contribution in [-0.4, -0.2) is 56.8 Å². The number of hydrogen-bond donors (Lipinski definition) is 2. The number of methoxy groups -OCH3 is 1. The number of piperidine rings is 2. The molecule has 7 rings (SSSR count). The van der Waals surface area contributed by atoms with Gasteiger partial charge in [-0.1, -0.05) is 0 Å². The van der Waals surface area contributed by atoms with Crippen LogP contribution in [0.2, 0.25) is 0 Å². The zero-order chi connectivity index (χ0) is 22.5. The van der Waals surface area contributed by atoms with E-state index in [-0.39, 0.29) is 6.04 Å². The number of aromatic nitrogens is 5. The van der Waals surface area contributed by atoms with Crippen LogP contribution in [0.15, 0.2) is 36.9 Å². The first-order valence-electron chi connectivity index (χ1n) is 11.5. The van der Waals surface area contributed by atoms with Crippen LogP contribution in [-0.2, 0) is 0 Å². The fourth-order valence-electron chi connectivity index (χ4n) is 5.06. The Balaban J connectivity index is 1.34. The van der Waals surface area contributed by atoms with Crippen LogP contribution in [0.25, 0.3) is 21.9 Å². The molecule has 2 atom stereocenters. The van der Waals surface area contributed by atoms with E-state index in [0.717, 1.165) is 46.5 Å². The van der Waals surface area contributed by atoms with Crippen LogP contribution in [0.4, 0.5) is 17.5 Å². The lowest BCUT2D eigenvalue weighted by atomic mass is 9.92. The Hall–Kier alpha value is -3.46. The number of imidazole rings is 1. The lowest BCUT2D eigenvalue weighted by Gasteiger charge is -2.47. The molecule has 3 saturated heterocycles. The van der Waals surface area contributed by atoms with Gasteiger partial charge in [0.15, 0.2) is 0 Å². The fraction of sp³-hybridized carbons (Fsp3) is 0.417. The van der Waals surface area contributed by atoms with Crippen LogP contribution in [0.5, 0.6) is 5.75 Å². The smallest absolute Gasteiger partial charge is 0.228 e. The SMILES string of the molecule is COc1cc(Nc2ncc3ccc4ncn(C(C)C)c4c3n2)ncc1N1CC2CCC1CN2. The molecule has 2 unspecified atom stereocenters. The van der Waals surface area contributed by atoms with Crippen molar-refractivity contribution in [3.63, 3.8) is 0 Å². The molecule has 0 spiro atoms. The summed E-state index contributed by atoms with van der Waals surface area (Å²) in [6.45, 7) is 6.29. The van der Waals surface area contributed by atoms with E-state index in [1.807, 2.05) is 36.9 Å². The minimum atomic E-state index is 0.283. The molecule has 0 aliphatic carbocycles. The van der Waals surface area contributed by atoms with Crippen LogP contribution in [0.3, 0.4) is 0 Å². The lowest BCUT2D eigenvalue weighted by Crippen LogP contribution is -2.61. The topological polar surface area (TPSA) is 93.0 Å². The predicted molar refractivity (Wildman–Crippen MR) is 129 cm³/mol. The Morgan fingerprint density at radius 2 is 2.06 bits per heavy atom. The molecule has 0 amide bonds. The van der Waals surface area contributed by atoms with Crippen LogP contribution in [0.1, 0.15) is 32.7 Å². The fourth-order valence-corrected chi connectivity index (χ4v) is 5.06. The number of pyridine rings is 1. The highest BCUT2D eigenvalue weighted by Crippen LogP contribution is 2.36. The quantitative estimate of drug-likeness (QED) is 0.482. The molecule has 170 valence electrons. The van der Waals surface area contributed by atoms with Crippen molar-refractivity contribution in [2.75, 3.05) is 30.4 Å². The van der Waals surface area contributed by atoms with Gasteiger partial charge in [0, 0.05) is 48.9 Å². The normalized spacial score (nSPS) is 20.2. The molecule has 3 aliphatic heterocycles. The van der Waals surface area contributed by atoms with Gasteiger partial charge in [-0.05, 0) is 38.8 Å². The highest BCUT2D eigenvalue weighted by atomic mass is 16.5. The van der Waals surface area contributed by atoms with Gasteiger partial charge >= 0.3 is 0 Å². The van der Waals surface area contributed by atoms with E-state index in [9.17, 15) is 0 Å². The third-order valence-corrected chi connectivity index (χ3v) is 6.80. The zero-order valence-electron chi connectivity index (χ0n) is 19.1. The van der Waals surface area contributed by atoms with Gasteiger partial charge in [0.1, 0.15) is 17.1 Å². The summed E-state index contributed by atoms with van der Waals surface area (Å²) in [6.07, 6.45) is 8.05. The molecule has 9 heteroatoms. The van der Waals surface area contributed by atoms with Crippen molar-refractivity contribution < 1.29 is 4.74 Å². The first-order valence-corrected chi connectivity index (χ1v) is 11.5. The summed E-state index contributed by atoms with van der Waals surface area (Å²) in [5, 5.41) is 7.84. The van der Waals surface area contributed by atoms with Gasteiger partial charge in [0.05, 0.1) is 36.4 Å². The number of ether oxygens (including phenoxy) is 1. The number of nitrogens with one attached hydrogen (secondary N) is 2. The Bertz CT molecular complexity index is 1330. The summed E-state index contributed by atoms with van der Waals surface area (Å²) in [6, 6.07) is 7.27. The number of anilines is 3. The monoisotopic (exact) mass is 444 g/mol.